The molecule has 2 rings (SSSR count). The largest absolute Gasteiger partial charge is 0.481 e. The van der Waals surface area contributed by atoms with Crippen LogP contribution in [0.15, 0.2) is 22.8 Å². The van der Waals surface area contributed by atoms with Gasteiger partial charge in [-0.15, -0.1) is 0 Å². The Kier molecular flexibility index (Phi) is 5.28. The SMILES string of the molecule is CCC(C(=O)O)C(=O)C(c1cccc2nonc12)C(C)CC(=O)O. The Hall–Kier alpha value is -2.77. The van der Waals surface area contributed by atoms with Crippen LogP contribution in [0, 0.1) is 11.8 Å². The number of carboxylic acid groups (broad SMARTS) is 2. The first-order chi connectivity index (χ1) is 11.4. The molecule has 8 heteroatoms. The van der Waals surface area contributed by atoms with E-state index >= 15 is 0 Å². The lowest BCUT2D eigenvalue weighted by molar-refractivity contribution is -0.147. The van der Waals surface area contributed by atoms with Crippen molar-refractivity contribution in [3.63, 3.8) is 0 Å². The number of nitrogens with zero attached hydrogens (tertiary/aromatic N) is 2. The van der Waals surface area contributed by atoms with Gasteiger partial charge in [-0.2, -0.15) is 0 Å². The minimum atomic E-state index is -1.22. The van der Waals surface area contributed by atoms with E-state index in [1.807, 2.05) is 0 Å². The first-order valence-corrected chi connectivity index (χ1v) is 7.56. The van der Waals surface area contributed by atoms with Gasteiger partial charge in [0.2, 0.25) is 0 Å². The molecule has 1 aromatic heterocycles. The number of fused-ring (bicyclic) bond motifs is 1. The molecule has 2 N–H and O–H groups in total. The van der Waals surface area contributed by atoms with E-state index in [1.54, 1.807) is 32.0 Å². The second-order valence-electron chi connectivity index (χ2n) is 5.73. The number of carbonyl (C=O) groups excluding carboxylic acids is 1. The summed E-state index contributed by atoms with van der Waals surface area (Å²) in [5.74, 6) is -5.55. The number of benzene rings is 1. The molecular formula is C16H18N2O6. The summed E-state index contributed by atoms with van der Waals surface area (Å²) in [7, 11) is 0. The van der Waals surface area contributed by atoms with Crippen molar-refractivity contribution in [2.45, 2.75) is 32.6 Å². The molecule has 3 atom stereocenters. The van der Waals surface area contributed by atoms with Crippen LogP contribution in [0.3, 0.4) is 0 Å². The summed E-state index contributed by atoms with van der Waals surface area (Å²) in [4.78, 5) is 35.3. The van der Waals surface area contributed by atoms with Crippen molar-refractivity contribution in [3.05, 3.63) is 23.8 Å². The van der Waals surface area contributed by atoms with Gasteiger partial charge in [-0.25, -0.2) is 4.63 Å². The molecule has 0 saturated heterocycles. The van der Waals surface area contributed by atoms with Crippen LogP contribution in [0.25, 0.3) is 11.0 Å². The highest BCUT2D eigenvalue weighted by molar-refractivity contribution is 6.03. The van der Waals surface area contributed by atoms with Gasteiger partial charge in [-0.1, -0.05) is 26.0 Å². The van der Waals surface area contributed by atoms with E-state index in [0.717, 1.165) is 0 Å². The van der Waals surface area contributed by atoms with Crippen molar-refractivity contribution in [1.82, 2.24) is 10.3 Å². The smallest absolute Gasteiger partial charge is 0.314 e. The summed E-state index contributed by atoms with van der Waals surface area (Å²) < 4.78 is 4.69. The zero-order chi connectivity index (χ0) is 17.9. The topological polar surface area (TPSA) is 131 Å². The van der Waals surface area contributed by atoms with Crippen molar-refractivity contribution in [1.29, 1.82) is 0 Å². The van der Waals surface area contributed by atoms with Crippen LogP contribution in [0.2, 0.25) is 0 Å². The molecule has 3 unspecified atom stereocenters. The average molecular weight is 334 g/mol. The van der Waals surface area contributed by atoms with Gasteiger partial charge < -0.3 is 10.2 Å². The summed E-state index contributed by atoms with van der Waals surface area (Å²) >= 11 is 0. The monoisotopic (exact) mass is 334 g/mol. The molecule has 0 saturated carbocycles. The number of hydrogen-bond acceptors (Lipinski definition) is 6. The first-order valence-electron chi connectivity index (χ1n) is 7.56. The zero-order valence-electron chi connectivity index (χ0n) is 13.3. The van der Waals surface area contributed by atoms with E-state index in [4.69, 9.17) is 5.11 Å². The van der Waals surface area contributed by atoms with Gasteiger partial charge in [-0.05, 0) is 34.3 Å². The molecule has 0 bridgehead atoms. The van der Waals surface area contributed by atoms with E-state index < -0.39 is 35.5 Å². The van der Waals surface area contributed by atoms with E-state index in [9.17, 15) is 19.5 Å². The third-order valence-electron chi connectivity index (χ3n) is 4.07. The van der Waals surface area contributed by atoms with E-state index in [1.165, 1.54) is 0 Å². The van der Waals surface area contributed by atoms with Crippen LogP contribution in [-0.4, -0.2) is 38.2 Å². The molecule has 0 aliphatic carbocycles. The van der Waals surface area contributed by atoms with Crippen molar-refractivity contribution in [3.8, 4) is 0 Å². The van der Waals surface area contributed by atoms with Crippen LogP contribution < -0.4 is 0 Å². The zero-order valence-corrected chi connectivity index (χ0v) is 13.3. The fraction of sp³-hybridized carbons (Fsp3) is 0.438. The predicted octanol–water partition coefficient (Wildman–Crippen LogP) is 2.10. The molecule has 0 amide bonds. The molecule has 0 spiro atoms. The van der Waals surface area contributed by atoms with Gasteiger partial charge in [0, 0.05) is 12.3 Å². The highest BCUT2D eigenvalue weighted by atomic mass is 16.6. The molecule has 24 heavy (non-hydrogen) atoms. The van der Waals surface area contributed by atoms with E-state index in [0.29, 0.717) is 16.6 Å². The highest BCUT2D eigenvalue weighted by Crippen LogP contribution is 2.34. The number of carbonyl (C=O) groups is 3. The number of hydrogen-bond donors (Lipinski definition) is 2. The number of Topliss-reactive ketones (excluding diaryl/α,β-unsaturated/α-hetero) is 1. The van der Waals surface area contributed by atoms with Gasteiger partial charge in [0.1, 0.15) is 17.0 Å². The standard InChI is InChI=1S/C16H18N2O6/c1-3-9(16(22)23)15(21)13(8(2)7-12(19)20)10-5-4-6-11-14(10)18-24-17-11/h4-6,8-9,13H,3,7H2,1-2H3,(H,19,20)(H,22,23). The summed E-state index contributed by atoms with van der Waals surface area (Å²) in [5, 5.41) is 25.9. The van der Waals surface area contributed by atoms with Gasteiger partial charge in [-0.3, -0.25) is 14.4 Å². The fourth-order valence-electron chi connectivity index (χ4n) is 2.93. The summed E-state index contributed by atoms with van der Waals surface area (Å²) in [6.07, 6.45) is -0.147. The Balaban J connectivity index is 2.54. The highest BCUT2D eigenvalue weighted by Gasteiger charge is 2.37. The summed E-state index contributed by atoms with van der Waals surface area (Å²) in [5.41, 5.74) is 1.21. The lowest BCUT2D eigenvalue weighted by atomic mass is 9.77. The minimum absolute atomic E-state index is 0.123. The number of ketones is 1. The number of aromatic nitrogens is 2. The Morgan fingerprint density at radius 1 is 1.21 bits per heavy atom. The van der Waals surface area contributed by atoms with Gasteiger partial charge in [0.05, 0.1) is 0 Å². The maximum absolute atomic E-state index is 12.9. The van der Waals surface area contributed by atoms with Crippen molar-refractivity contribution < 1.29 is 29.2 Å². The average Bonchev–Trinajstić information content (AvgIpc) is 2.96. The first kappa shape index (κ1) is 17.6. The molecule has 128 valence electrons. The number of aliphatic carboxylic acids is 2. The molecular weight excluding hydrogens is 316 g/mol. The van der Waals surface area contributed by atoms with Crippen LogP contribution in [0.1, 0.15) is 38.2 Å². The molecule has 0 fully saturated rings. The van der Waals surface area contributed by atoms with E-state index in [2.05, 4.69) is 14.9 Å². The molecule has 1 heterocycles. The molecule has 0 radical (unpaired) electrons. The van der Waals surface area contributed by atoms with Crippen molar-refractivity contribution >= 4 is 28.8 Å². The number of rotatable bonds is 8. The van der Waals surface area contributed by atoms with Crippen LogP contribution >= 0.6 is 0 Å². The quantitative estimate of drug-likeness (QED) is 0.702. The summed E-state index contributed by atoms with van der Waals surface area (Å²) in [6.45, 7) is 3.21. The maximum Gasteiger partial charge on any atom is 0.314 e. The molecule has 0 aliphatic rings. The molecule has 0 aliphatic heterocycles. The van der Waals surface area contributed by atoms with E-state index in [-0.39, 0.29) is 12.8 Å². The molecule has 2 aromatic rings. The van der Waals surface area contributed by atoms with Crippen LogP contribution in [-0.2, 0) is 14.4 Å². The predicted molar refractivity (Wildman–Crippen MR) is 82.4 cm³/mol. The van der Waals surface area contributed by atoms with Crippen LogP contribution in [0.4, 0.5) is 0 Å². The second-order valence-corrected chi connectivity index (χ2v) is 5.73. The van der Waals surface area contributed by atoms with Crippen molar-refractivity contribution in [2.75, 3.05) is 0 Å². The third kappa shape index (κ3) is 3.42. The maximum atomic E-state index is 12.9. The van der Waals surface area contributed by atoms with Crippen LogP contribution in [0.5, 0.6) is 0 Å². The van der Waals surface area contributed by atoms with Crippen molar-refractivity contribution in [2.24, 2.45) is 11.8 Å². The summed E-state index contributed by atoms with van der Waals surface area (Å²) in [6, 6.07) is 4.92. The third-order valence-corrected chi connectivity index (χ3v) is 4.07. The Morgan fingerprint density at radius 2 is 1.92 bits per heavy atom. The second kappa shape index (κ2) is 7.20. The normalized spacial score (nSPS) is 14.9. The Bertz CT molecular complexity index is 769. The van der Waals surface area contributed by atoms with Gasteiger partial charge in [0.25, 0.3) is 0 Å². The number of carboxylic acids is 2. The van der Waals surface area contributed by atoms with Gasteiger partial charge in [0.15, 0.2) is 5.78 Å². The Labute approximate surface area is 137 Å². The van der Waals surface area contributed by atoms with Gasteiger partial charge >= 0.3 is 11.9 Å². The lowest BCUT2D eigenvalue weighted by Crippen LogP contribution is -2.32. The Morgan fingerprint density at radius 3 is 2.50 bits per heavy atom. The minimum Gasteiger partial charge on any atom is -0.481 e. The molecule has 8 nitrogen and oxygen atoms in total. The fourth-order valence-corrected chi connectivity index (χ4v) is 2.93. The molecule has 1 aromatic carbocycles. The lowest BCUT2D eigenvalue weighted by Gasteiger charge is -2.24.